The van der Waals surface area contributed by atoms with Gasteiger partial charge in [-0.25, -0.2) is 0 Å². The molecule has 0 spiro atoms. The molecule has 0 aliphatic carbocycles. The van der Waals surface area contributed by atoms with Crippen molar-refractivity contribution in [1.29, 1.82) is 0 Å². The number of anilines is 2. The smallest absolute Gasteiger partial charge is 0.122 e. The third-order valence-electron chi connectivity index (χ3n) is 3.44. The Labute approximate surface area is 114 Å². The zero-order valence-corrected chi connectivity index (χ0v) is 11.6. The Balaban J connectivity index is 2.30. The lowest BCUT2D eigenvalue weighted by molar-refractivity contribution is 0.458. The molecule has 0 aliphatic heterocycles. The zero-order valence-electron chi connectivity index (χ0n) is 11.6. The summed E-state index contributed by atoms with van der Waals surface area (Å²) in [6.07, 6.45) is 0. The molecule has 2 N–H and O–H groups in total. The number of aromatic hydroxyl groups is 1. The molecule has 1 atom stereocenters. The second-order valence-corrected chi connectivity index (χ2v) is 4.65. The van der Waals surface area contributed by atoms with Crippen LogP contribution in [-0.2, 0) is 0 Å². The first-order valence-corrected chi connectivity index (χ1v) is 6.42. The molecular weight excluding hydrogens is 236 g/mol. The molecule has 3 nitrogen and oxygen atoms in total. The van der Waals surface area contributed by atoms with E-state index in [0.717, 1.165) is 16.9 Å². The number of hydrogen-bond donors (Lipinski definition) is 2. The van der Waals surface area contributed by atoms with Crippen LogP contribution in [0.25, 0.3) is 0 Å². The van der Waals surface area contributed by atoms with E-state index in [4.69, 9.17) is 0 Å². The number of hydrogen-bond acceptors (Lipinski definition) is 3. The van der Waals surface area contributed by atoms with Gasteiger partial charge in [0.15, 0.2) is 0 Å². The largest absolute Gasteiger partial charge is 0.508 e. The van der Waals surface area contributed by atoms with Crippen LogP contribution >= 0.6 is 0 Å². The van der Waals surface area contributed by atoms with Crippen molar-refractivity contribution in [2.45, 2.75) is 13.0 Å². The molecule has 0 amide bonds. The average Bonchev–Trinajstić information content (AvgIpc) is 2.46. The van der Waals surface area contributed by atoms with Gasteiger partial charge in [0.25, 0.3) is 0 Å². The third kappa shape index (κ3) is 2.88. The maximum Gasteiger partial charge on any atom is 0.122 e. The van der Waals surface area contributed by atoms with Gasteiger partial charge in [0.1, 0.15) is 5.75 Å². The van der Waals surface area contributed by atoms with Crippen LogP contribution in [-0.4, -0.2) is 19.2 Å². The van der Waals surface area contributed by atoms with Gasteiger partial charge in [0, 0.05) is 36.1 Å². The molecule has 0 fully saturated rings. The molecule has 2 aromatic carbocycles. The number of phenols is 1. The van der Waals surface area contributed by atoms with Crippen molar-refractivity contribution >= 4 is 11.4 Å². The Bertz CT molecular complexity index is 540. The Kier molecular flexibility index (Phi) is 4.07. The van der Waals surface area contributed by atoms with Crippen molar-refractivity contribution in [3.8, 4) is 5.75 Å². The molecule has 0 aromatic heterocycles. The molecular formula is C16H20N2O. The topological polar surface area (TPSA) is 35.5 Å². The van der Waals surface area contributed by atoms with Crippen LogP contribution in [0.2, 0.25) is 0 Å². The first kappa shape index (κ1) is 13.4. The summed E-state index contributed by atoms with van der Waals surface area (Å²) in [4.78, 5) is 2.05. The maximum atomic E-state index is 10.1. The van der Waals surface area contributed by atoms with Crippen LogP contribution in [0, 0.1) is 0 Å². The summed E-state index contributed by atoms with van der Waals surface area (Å²) in [6.45, 7) is 2.02. The van der Waals surface area contributed by atoms with Crippen LogP contribution in [0.5, 0.6) is 5.75 Å². The standard InChI is InChI=1S/C16H20N2O/c1-12(17-2)15-10-9-14(11-16(15)19)18(3)13-7-5-4-6-8-13/h4-12,17,19H,1-3H3. The highest BCUT2D eigenvalue weighted by atomic mass is 16.3. The van der Waals surface area contributed by atoms with Crippen LogP contribution in [0.15, 0.2) is 48.5 Å². The molecule has 2 aromatic rings. The normalized spacial score (nSPS) is 12.2. The fraction of sp³-hybridized carbons (Fsp3) is 0.250. The minimum atomic E-state index is 0.135. The fourth-order valence-corrected chi connectivity index (χ4v) is 2.06. The van der Waals surface area contributed by atoms with Crippen LogP contribution in [0.3, 0.4) is 0 Å². The van der Waals surface area contributed by atoms with E-state index in [1.165, 1.54) is 0 Å². The summed E-state index contributed by atoms with van der Waals surface area (Å²) in [6, 6.07) is 16.0. The first-order chi connectivity index (χ1) is 9.13. The van der Waals surface area contributed by atoms with Crippen molar-refractivity contribution < 1.29 is 5.11 Å². The lowest BCUT2D eigenvalue weighted by Gasteiger charge is -2.21. The van der Waals surface area contributed by atoms with Crippen molar-refractivity contribution in [1.82, 2.24) is 5.32 Å². The fourth-order valence-electron chi connectivity index (χ4n) is 2.06. The monoisotopic (exact) mass is 256 g/mol. The quantitative estimate of drug-likeness (QED) is 0.879. The zero-order chi connectivity index (χ0) is 13.8. The van der Waals surface area contributed by atoms with Gasteiger partial charge in [-0.1, -0.05) is 24.3 Å². The summed E-state index contributed by atoms with van der Waals surface area (Å²) in [5.41, 5.74) is 2.97. The molecule has 100 valence electrons. The molecule has 19 heavy (non-hydrogen) atoms. The lowest BCUT2D eigenvalue weighted by atomic mass is 10.1. The Morgan fingerprint density at radius 2 is 1.74 bits per heavy atom. The average molecular weight is 256 g/mol. The van der Waals surface area contributed by atoms with E-state index in [1.54, 1.807) is 6.07 Å². The third-order valence-corrected chi connectivity index (χ3v) is 3.44. The van der Waals surface area contributed by atoms with Crippen molar-refractivity contribution in [2.24, 2.45) is 0 Å². The lowest BCUT2D eigenvalue weighted by Crippen LogP contribution is -2.13. The highest BCUT2D eigenvalue weighted by molar-refractivity contribution is 5.64. The van der Waals surface area contributed by atoms with E-state index in [9.17, 15) is 5.11 Å². The second kappa shape index (κ2) is 5.76. The van der Waals surface area contributed by atoms with Crippen LogP contribution < -0.4 is 10.2 Å². The Morgan fingerprint density at radius 3 is 2.32 bits per heavy atom. The summed E-state index contributed by atoms with van der Waals surface area (Å²) < 4.78 is 0. The summed E-state index contributed by atoms with van der Waals surface area (Å²) in [5, 5.41) is 13.3. The van der Waals surface area contributed by atoms with Gasteiger partial charge in [-0.2, -0.15) is 0 Å². The van der Waals surface area contributed by atoms with Gasteiger partial charge in [-0.15, -0.1) is 0 Å². The van der Waals surface area contributed by atoms with Gasteiger partial charge in [0.2, 0.25) is 0 Å². The predicted molar refractivity (Wildman–Crippen MR) is 80.1 cm³/mol. The summed E-state index contributed by atoms with van der Waals surface area (Å²) >= 11 is 0. The van der Waals surface area contributed by atoms with Gasteiger partial charge in [0.05, 0.1) is 0 Å². The SMILES string of the molecule is CNC(C)c1ccc(N(C)c2ccccc2)cc1O. The molecule has 0 bridgehead atoms. The highest BCUT2D eigenvalue weighted by Crippen LogP contribution is 2.31. The van der Waals surface area contributed by atoms with E-state index in [0.29, 0.717) is 5.75 Å². The van der Waals surface area contributed by atoms with Gasteiger partial charge >= 0.3 is 0 Å². The van der Waals surface area contributed by atoms with E-state index in [-0.39, 0.29) is 6.04 Å². The number of phenolic OH excluding ortho intramolecular Hbond substituents is 1. The van der Waals surface area contributed by atoms with E-state index < -0.39 is 0 Å². The Hall–Kier alpha value is -2.00. The number of rotatable bonds is 4. The highest BCUT2D eigenvalue weighted by Gasteiger charge is 2.11. The molecule has 0 saturated carbocycles. The molecule has 0 aliphatic rings. The van der Waals surface area contributed by atoms with Crippen molar-refractivity contribution in [3.63, 3.8) is 0 Å². The Morgan fingerprint density at radius 1 is 1.05 bits per heavy atom. The van der Waals surface area contributed by atoms with Gasteiger partial charge in [-0.05, 0) is 32.2 Å². The predicted octanol–water partition coefficient (Wildman–Crippen LogP) is 3.44. The minimum Gasteiger partial charge on any atom is -0.508 e. The molecule has 1 unspecified atom stereocenters. The number of benzene rings is 2. The van der Waals surface area contributed by atoms with E-state index in [2.05, 4.69) is 5.32 Å². The first-order valence-electron chi connectivity index (χ1n) is 6.42. The number of nitrogens with zero attached hydrogens (tertiary/aromatic N) is 1. The summed E-state index contributed by atoms with van der Waals surface area (Å²) in [7, 11) is 3.87. The van der Waals surface area contributed by atoms with Crippen LogP contribution in [0.1, 0.15) is 18.5 Å². The molecule has 0 saturated heterocycles. The minimum absolute atomic E-state index is 0.135. The van der Waals surface area contributed by atoms with Crippen molar-refractivity contribution in [2.75, 3.05) is 19.0 Å². The maximum absolute atomic E-state index is 10.1. The van der Waals surface area contributed by atoms with Crippen LogP contribution in [0.4, 0.5) is 11.4 Å². The van der Waals surface area contributed by atoms with E-state index >= 15 is 0 Å². The molecule has 0 radical (unpaired) electrons. The van der Waals surface area contributed by atoms with E-state index in [1.807, 2.05) is 68.4 Å². The number of para-hydroxylation sites is 1. The molecule has 3 heteroatoms. The number of nitrogens with one attached hydrogen (secondary N) is 1. The summed E-state index contributed by atoms with van der Waals surface area (Å²) in [5.74, 6) is 0.321. The molecule has 2 rings (SSSR count). The van der Waals surface area contributed by atoms with Crippen molar-refractivity contribution in [3.05, 3.63) is 54.1 Å². The second-order valence-electron chi connectivity index (χ2n) is 4.65. The molecule has 0 heterocycles. The van der Waals surface area contributed by atoms with Gasteiger partial charge in [-0.3, -0.25) is 0 Å². The van der Waals surface area contributed by atoms with Gasteiger partial charge < -0.3 is 15.3 Å².